The quantitative estimate of drug-likeness (QED) is 0.430. The molecule has 0 unspecified atom stereocenters. The number of halogens is 1. The van der Waals surface area contributed by atoms with Gasteiger partial charge in [-0.2, -0.15) is 0 Å². The van der Waals surface area contributed by atoms with Gasteiger partial charge in [0.25, 0.3) is 5.56 Å². The van der Waals surface area contributed by atoms with E-state index < -0.39 is 5.82 Å². The van der Waals surface area contributed by atoms with E-state index in [0.29, 0.717) is 21.3 Å². The van der Waals surface area contributed by atoms with Gasteiger partial charge in [0.05, 0.1) is 16.8 Å². The highest BCUT2D eigenvalue weighted by atomic mass is 32.2. The van der Waals surface area contributed by atoms with E-state index in [1.165, 1.54) is 27.3 Å². The van der Waals surface area contributed by atoms with Crippen LogP contribution in [0, 0.1) is 11.7 Å². The van der Waals surface area contributed by atoms with Gasteiger partial charge in [-0.3, -0.25) is 14.2 Å². The van der Waals surface area contributed by atoms with E-state index in [-0.39, 0.29) is 22.9 Å². The number of nitrogens with zero attached hydrogens (tertiary/aromatic N) is 3. The lowest BCUT2D eigenvalue weighted by atomic mass is 9.89. The Bertz CT molecular complexity index is 1210. The Morgan fingerprint density at radius 3 is 2.84 bits per heavy atom. The smallest absolute Gasteiger partial charge is 0.267 e. The molecule has 2 aliphatic rings. The fourth-order valence-electron chi connectivity index (χ4n) is 4.50. The first-order chi connectivity index (χ1) is 15.0. The highest BCUT2D eigenvalue weighted by Crippen LogP contribution is 2.37. The number of likely N-dealkylation sites (tertiary alicyclic amines) is 1. The number of para-hydroxylation sites is 1. The number of benzene rings is 1. The van der Waals surface area contributed by atoms with Gasteiger partial charge in [-0.05, 0) is 55.7 Å². The highest BCUT2D eigenvalue weighted by Gasteiger charge is 2.26. The predicted octanol–water partition coefficient (Wildman–Crippen LogP) is 4.43. The Hall–Kier alpha value is -2.19. The minimum atomic E-state index is -0.476. The van der Waals surface area contributed by atoms with Crippen molar-refractivity contribution in [1.29, 1.82) is 0 Å². The Morgan fingerprint density at radius 2 is 2.06 bits per heavy atom. The normalized spacial score (nSPS) is 18.5. The largest absolute Gasteiger partial charge is 0.342 e. The second-order valence-corrected chi connectivity index (χ2v) is 10.4. The molecule has 162 valence electrons. The number of carbonyl (C=O) groups is 1. The van der Waals surface area contributed by atoms with Crippen LogP contribution in [0.4, 0.5) is 4.39 Å². The van der Waals surface area contributed by atoms with Crippen molar-refractivity contribution >= 4 is 39.2 Å². The van der Waals surface area contributed by atoms with Crippen molar-refractivity contribution in [3.8, 4) is 5.69 Å². The third-order valence-corrected chi connectivity index (χ3v) is 8.25. The molecule has 0 saturated carbocycles. The van der Waals surface area contributed by atoms with Gasteiger partial charge >= 0.3 is 0 Å². The number of hydrogen-bond acceptors (Lipinski definition) is 5. The van der Waals surface area contributed by atoms with Crippen LogP contribution in [-0.4, -0.2) is 39.2 Å². The van der Waals surface area contributed by atoms with E-state index in [0.717, 1.165) is 50.8 Å². The Kier molecular flexibility index (Phi) is 5.60. The summed E-state index contributed by atoms with van der Waals surface area (Å²) in [5.74, 6) is 0.336. The second kappa shape index (κ2) is 8.39. The van der Waals surface area contributed by atoms with Crippen LogP contribution in [0.2, 0.25) is 0 Å². The number of aryl methyl sites for hydroxylation is 1. The topological polar surface area (TPSA) is 55.2 Å². The molecule has 3 heterocycles. The zero-order chi connectivity index (χ0) is 21.5. The Labute approximate surface area is 188 Å². The summed E-state index contributed by atoms with van der Waals surface area (Å²) in [6, 6.07) is 6.26. The van der Waals surface area contributed by atoms with Gasteiger partial charge in [0.2, 0.25) is 5.91 Å². The highest BCUT2D eigenvalue weighted by molar-refractivity contribution is 7.99. The summed E-state index contributed by atoms with van der Waals surface area (Å²) in [6.07, 6.45) is 4.90. The first-order valence-electron chi connectivity index (χ1n) is 10.8. The monoisotopic (exact) mass is 457 g/mol. The molecular formula is C23H24FN3O2S2. The molecule has 31 heavy (non-hydrogen) atoms. The van der Waals surface area contributed by atoms with E-state index in [4.69, 9.17) is 4.98 Å². The van der Waals surface area contributed by atoms with Crippen LogP contribution < -0.4 is 5.56 Å². The number of hydrogen-bond donors (Lipinski definition) is 0. The van der Waals surface area contributed by atoms with Gasteiger partial charge in [-0.1, -0.05) is 30.8 Å². The molecule has 0 spiro atoms. The van der Waals surface area contributed by atoms with E-state index in [1.54, 1.807) is 29.5 Å². The van der Waals surface area contributed by atoms with Gasteiger partial charge in [0.15, 0.2) is 5.16 Å². The molecule has 8 heteroatoms. The van der Waals surface area contributed by atoms with Crippen LogP contribution in [0.3, 0.4) is 0 Å². The van der Waals surface area contributed by atoms with Crippen LogP contribution in [0.5, 0.6) is 0 Å². The number of rotatable bonds is 4. The molecule has 0 radical (unpaired) electrons. The average Bonchev–Trinajstić information content (AvgIpc) is 3.40. The molecule has 2 aromatic heterocycles. The molecule has 1 aliphatic heterocycles. The van der Waals surface area contributed by atoms with Gasteiger partial charge in [-0.15, -0.1) is 11.3 Å². The zero-order valence-electron chi connectivity index (χ0n) is 17.4. The van der Waals surface area contributed by atoms with E-state index in [2.05, 4.69) is 6.92 Å². The van der Waals surface area contributed by atoms with Crippen LogP contribution in [0.1, 0.15) is 36.6 Å². The fourth-order valence-corrected chi connectivity index (χ4v) is 6.83. The predicted molar refractivity (Wildman–Crippen MR) is 123 cm³/mol. The van der Waals surface area contributed by atoms with Gasteiger partial charge < -0.3 is 4.90 Å². The fraction of sp³-hybridized carbons (Fsp3) is 0.435. The van der Waals surface area contributed by atoms with Crippen molar-refractivity contribution in [3.05, 3.63) is 50.9 Å². The van der Waals surface area contributed by atoms with Crippen molar-refractivity contribution in [3.63, 3.8) is 0 Å². The Balaban J connectivity index is 1.62. The van der Waals surface area contributed by atoms with E-state index >= 15 is 0 Å². The van der Waals surface area contributed by atoms with Gasteiger partial charge in [-0.25, -0.2) is 9.37 Å². The molecule has 1 fully saturated rings. The summed E-state index contributed by atoms with van der Waals surface area (Å²) in [5, 5.41) is 0.993. The molecule has 0 bridgehead atoms. The third-order valence-electron chi connectivity index (χ3n) is 6.18. The van der Waals surface area contributed by atoms with Crippen LogP contribution in [0.25, 0.3) is 15.9 Å². The molecule has 5 rings (SSSR count). The lowest BCUT2D eigenvalue weighted by molar-refractivity contribution is -0.127. The lowest BCUT2D eigenvalue weighted by Crippen LogP contribution is -2.30. The first kappa shape index (κ1) is 20.7. The third kappa shape index (κ3) is 3.80. The van der Waals surface area contributed by atoms with Gasteiger partial charge in [0.1, 0.15) is 10.6 Å². The van der Waals surface area contributed by atoms with Crippen molar-refractivity contribution < 1.29 is 9.18 Å². The molecule has 1 amide bonds. The maximum absolute atomic E-state index is 14.7. The van der Waals surface area contributed by atoms with Crippen molar-refractivity contribution in [2.75, 3.05) is 18.8 Å². The summed E-state index contributed by atoms with van der Waals surface area (Å²) in [4.78, 5) is 34.8. The summed E-state index contributed by atoms with van der Waals surface area (Å²) in [5.41, 5.74) is 1.02. The maximum Gasteiger partial charge on any atom is 0.267 e. The maximum atomic E-state index is 14.7. The molecule has 5 nitrogen and oxygen atoms in total. The zero-order valence-corrected chi connectivity index (χ0v) is 19.0. The van der Waals surface area contributed by atoms with Crippen molar-refractivity contribution in [2.24, 2.45) is 5.92 Å². The molecule has 0 N–H and O–H groups in total. The average molecular weight is 458 g/mol. The van der Waals surface area contributed by atoms with Crippen LogP contribution in [0.15, 0.2) is 34.2 Å². The number of amides is 1. The Morgan fingerprint density at radius 1 is 1.29 bits per heavy atom. The first-order valence-corrected chi connectivity index (χ1v) is 12.6. The molecule has 1 aliphatic carbocycles. The summed E-state index contributed by atoms with van der Waals surface area (Å²) >= 11 is 2.79. The van der Waals surface area contributed by atoms with Crippen molar-refractivity contribution in [2.45, 2.75) is 44.2 Å². The summed E-state index contributed by atoms with van der Waals surface area (Å²) in [7, 11) is 0. The van der Waals surface area contributed by atoms with Crippen LogP contribution >= 0.6 is 23.1 Å². The summed E-state index contributed by atoms with van der Waals surface area (Å²) < 4.78 is 16.1. The number of fused-ring (bicyclic) bond motifs is 3. The minimum Gasteiger partial charge on any atom is -0.342 e. The molecule has 1 saturated heterocycles. The second-order valence-electron chi connectivity index (χ2n) is 8.39. The molecule has 1 atom stereocenters. The van der Waals surface area contributed by atoms with Crippen molar-refractivity contribution in [1.82, 2.24) is 14.5 Å². The lowest BCUT2D eigenvalue weighted by Gasteiger charge is -2.18. The minimum absolute atomic E-state index is 0.0382. The van der Waals surface area contributed by atoms with Gasteiger partial charge in [0, 0.05) is 18.0 Å². The number of thiophene rings is 1. The van der Waals surface area contributed by atoms with E-state index in [1.807, 2.05) is 4.90 Å². The number of thioether (sulfide) groups is 1. The summed E-state index contributed by atoms with van der Waals surface area (Å²) in [6.45, 7) is 3.78. The standard InChI is InChI=1S/C23H24FN3O2S2/c1-14-8-9-15-18(12-14)31-21-20(15)22(29)27(17-7-3-2-6-16(17)24)23(25-21)30-13-19(28)26-10-4-5-11-26/h2-3,6-7,14H,4-5,8-13H2,1H3/t14-/m0/s1. The number of carbonyl (C=O) groups excluding carboxylic acids is 1. The number of aromatic nitrogens is 2. The molecular weight excluding hydrogens is 433 g/mol. The molecule has 3 aromatic rings. The van der Waals surface area contributed by atoms with Crippen LogP contribution in [-0.2, 0) is 17.6 Å². The molecule has 1 aromatic carbocycles. The van der Waals surface area contributed by atoms with E-state index in [9.17, 15) is 14.0 Å². The SMILES string of the molecule is C[C@H]1CCc2c(sc3nc(SCC(=O)N4CCCC4)n(-c4ccccc4F)c(=O)c23)C1.